The standard InChI is InChI=1S/C20H27N3O5/c1-26-17-4-3-15(13-16(17)22-9-11-27-12-10-22)18(24)23-7-2-5-20(6-8-23)14-21-19(25)28-20/h3-4,13H,2,5-12,14H2,1H3,(H,21,25). The predicted octanol–water partition coefficient (Wildman–Crippen LogP) is 1.64. The van der Waals surface area contributed by atoms with Crippen molar-refractivity contribution in [2.24, 2.45) is 0 Å². The fourth-order valence-corrected chi connectivity index (χ4v) is 4.21. The number of nitrogens with zero attached hydrogens (tertiary/aromatic N) is 2. The highest BCUT2D eigenvalue weighted by atomic mass is 16.6. The summed E-state index contributed by atoms with van der Waals surface area (Å²) in [5.41, 5.74) is 1.11. The third kappa shape index (κ3) is 3.73. The zero-order valence-electron chi connectivity index (χ0n) is 16.2. The van der Waals surface area contributed by atoms with Crippen LogP contribution in [0.25, 0.3) is 0 Å². The number of likely N-dealkylation sites (tertiary alicyclic amines) is 1. The first-order valence-electron chi connectivity index (χ1n) is 9.87. The number of anilines is 1. The van der Waals surface area contributed by atoms with Crippen LogP contribution in [0.1, 0.15) is 29.6 Å². The van der Waals surface area contributed by atoms with Crippen LogP contribution in [0, 0.1) is 0 Å². The Labute approximate surface area is 164 Å². The number of alkyl carbamates (subject to hydrolysis) is 1. The van der Waals surface area contributed by atoms with E-state index in [1.165, 1.54) is 0 Å². The molecule has 1 aromatic rings. The quantitative estimate of drug-likeness (QED) is 0.847. The van der Waals surface area contributed by atoms with Gasteiger partial charge < -0.3 is 29.3 Å². The molecular formula is C20H27N3O5. The van der Waals surface area contributed by atoms with Gasteiger partial charge >= 0.3 is 6.09 Å². The van der Waals surface area contributed by atoms with Gasteiger partial charge in [-0.05, 0) is 31.0 Å². The monoisotopic (exact) mass is 389 g/mol. The maximum Gasteiger partial charge on any atom is 0.407 e. The average molecular weight is 389 g/mol. The predicted molar refractivity (Wildman–Crippen MR) is 103 cm³/mol. The highest BCUT2D eigenvalue weighted by molar-refractivity contribution is 5.95. The van der Waals surface area contributed by atoms with Crippen LogP contribution < -0.4 is 15.0 Å². The zero-order chi connectivity index (χ0) is 19.6. The lowest BCUT2D eigenvalue weighted by molar-refractivity contribution is 0.0438. The number of carbonyl (C=O) groups excluding carboxylic acids is 2. The van der Waals surface area contributed by atoms with Gasteiger partial charge in [0.2, 0.25) is 0 Å². The van der Waals surface area contributed by atoms with Crippen molar-refractivity contribution in [3.8, 4) is 5.75 Å². The van der Waals surface area contributed by atoms with Gasteiger partial charge in [0.1, 0.15) is 11.4 Å². The van der Waals surface area contributed by atoms with Gasteiger partial charge in [-0.1, -0.05) is 0 Å². The Morgan fingerprint density at radius 1 is 1.18 bits per heavy atom. The van der Waals surface area contributed by atoms with Crippen molar-refractivity contribution in [1.82, 2.24) is 10.2 Å². The van der Waals surface area contributed by atoms with Gasteiger partial charge in [-0.3, -0.25) is 4.79 Å². The van der Waals surface area contributed by atoms with Crippen molar-refractivity contribution in [2.75, 3.05) is 57.9 Å². The third-order valence-corrected chi connectivity index (χ3v) is 5.83. The van der Waals surface area contributed by atoms with E-state index < -0.39 is 5.60 Å². The van der Waals surface area contributed by atoms with Crippen LogP contribution in [0.2, 0.25) is 0 Å². The fourth-order valence-electron chi connectivity index (χ4n) is 4.21. The minimum Gasteiger partial charge on any atom is -0.495 e. The molecule has 0 aliphatic carbocycles. The molecule has 4 rings (SSSR count). The molecule has 28 heavy (non-hydrogen) atoms. The molecule has 3 saturated heterocycles. The number of amides is 2. The summed E-state index contributed by atoms with van der Waals surface area (Å²) < 4.78 is 16.5. The van der Waals surface area contributed by atoms with E-state index in [9.17, 15) is 9.59 Å². The first-order chi connectivity index (χ1) is 13.6. The van der Waals surface area contributed by atoms with E-state index in [1.54, 1.807) is 7.11 Å². The maximum absolute atomic E-state index is 13.2. The van der Waals surface area contributed by atoms with E-state index in [1.807, 2.05) is 23.1 Å². The lowest BCUT2D eigenvalue weighted by Crippen LogP contribution is -2.37. The van der Waals surface area contributed by atoms with Gasteiger partial charge in [0.05, 0.1) is 32.6 Å². The van der Waals surface area contributed by atoms with Crippen molar-refractivity contribution >= 4 is 17.7 Å². The molecule has 1 unspecified atom stereocenters. The second-order valence-corrected chi connectivity index (χ2v) is 7.56. The van der Waals surface area contributed by atoms with Gasteiger partial charge in [0.25, 0.3) is 5.91 Å². The molecule has 0 bridgehead atoms. The van der Waals surface area contributed by atoms with Crippen LogP contribution >= 0.6 is 0 Å². The normalized spacial score (nSPS) is 25.2. The number of benzene rings is 1. The second-order valence-electron chi connectivity index (χ2n) is 7.56. The number of morpholine rings is 1. The Bertz CT molecular complexity index is 749. The van der Waals surface area contributed by atoms with Crippen molar-refractivity contribution in [2.45, 2.75) is 24.9 Å². The van der Waals surface area contributed by atoms with E-state index in [2.05, 4.69) is 10.2 Å². The first-order valence-corrected chi connectivity index (χ1v) is 9.87. The lowest BCUT2D eigenvalue weighted by atomic mass is 9.95. The molecule has 3 heterocycles. The number of hydrogen-bond acceptors (Lipinski definition) is 6. The molecule has 8 heteroatoms. The Hall–Kier alpha value is -2.48. The highest BCUT2D eigenvalue weighted by Crippen LogP contribution is 2.32. The molecule has 0 aromatic heterocycles. The number of ether oxygens (including phenoxy) is 3. The largest absolute Gasteiger partial charge is 0.495 e. The van der Waals surface area contributed by atoms with Crippen LogP contribution in [-0.2, 0) is 9.47 Å². The highest BCUT2D eigenvalue weighted by Gasteiger charge is 2.42. The summed E-state index contributed by atoms with van der Waals surface area (Å²) in [5, 5.41) is 2.75. The second kappa shape index (κ2) is 7.87. The molecule has 152 valence electrons. The number of hydrogen-bond donors (Lipinski definition) is 1. The molecule has 1 N–H and O–H groups in total. The van der Waals surface area contributed by atoms with Crippen LogP contribution in [0.15, 0.2) is 18.2 Å². The molecule has 1 atom stereocenters. The van der Waals surface area contributed by atoms with Crippen molar-refractivity contribution in [3.05, 3.63) is 23.8 Å². The Morgan fingerprint density at radius 2 is 2.00 bits per heavy atom. The number of nitrogens with one attached hydrogen (secondary N) is 1. The molecule has 8 nitrogen and oxygen atoms in total. The molecule has 0 radical (unpaired) electrons. The molecule has 3 aliphatic rings. The van der Waals surface area contributed by atoms with Crippen LogP contribution in [0.4, 0.5) is 10.5 Å². The Balaban J connectivity index is 1.50. The maximum atomic E-state index is 13.2. The first kappa shape index (κ1) is 18.9. The van der Waals surface area contributed by atoms with Crippen molar-refractivity contribution in [3.63, 3.8) is 0 Å². The minimum atomic E-state index is -0.467. The van der Waals surface area contributed by atoms with Crippen LogP contribution in [0.5, 0.6) is 5.75 Å². The van der Waals surface area contributed by atoms with Gasteiger partial charge in [-0.15, -0.1) is 0 Å². The topological polar surface area (TPSA) is 80.3 Å². The van der Waals surface area contributed by atoms with Crippen molar-refractivity contribution in [1.29, 1.82) is 0 Å². The molecule has 1 aromatic carbocycles. The van der Waals surface area contributed by atoms with Gasteiger partial charge in [0, 0.05) is 38.2 Å². The summed E-state index contributed by atoms with van der Waals surface area (Å²) in [6, 6.07) is 5.60. The summed E-state index contributed by atoms with van der Waals surface area (Å²) in [6.45, 7) is 4.66. The van der Waals surface area contributed by atoms with E-state index >= 15 is 0 Å². The molecule has 3 fully saturated rings. The average Bonchev–Trinajstić information content (AvgIpc) is 2.97. The summed E-state index contributed by atoms with van der Waals surface area (Å²) >= 11 is 0. The van der Waals surface area contributed by atoms with E-state index in [0.717, 1.165) is 37.4 Å². The summed E-state index contributed by atoms with van der Waals surface area (Å²) in [4.78, 5) is 28.7. The third-order valence-electron chi connectivity index (χ3n) is 5.83. The van der Waals surface area contributed by atoms with Crippen molar-refractivity contribution < 1.29 is 23.8 Å². The Kier molecular flexibility index (Phi) is 5.30. The SMILES string of the molecule is COc1ccc(C(=O)N2CCCC3(CC2)CNC(=O)O3)cc1N1CCOCC1. The number of rotatable bonds is 3. The molecule has 3 aliphatic heterocycles. The van der Waals surface area contributed by atoms with E-state index in [-0.39, 0.29) is 12.0 Å². The molecular weight excluding hydrogens is 362 g/mol. The van der Waals surface area contributed by atoms with Gasteiger partial charge in [-0.2, -0.15) is 0 Å². The minimum absolute atomic E-state index is 0.00601. The molecule has 2 amide bonds. The van der Waals surface area contributed by atoms with E-state index in [4.69, 9.17) is 14.2 Å². The van der Waals surface area contributed by atoms with Crippen LogP contribution in [-0.4, -0.2) is 75.5 Å². The van der Waals surface area contributed by atoms with E-state index in [0.29, 0.717) is 44.8 Å². The zero-order valence-corrected chi connectivity index (χ0v) is 16.2. The molecule has 0 saturated carbocycles. The number of carbonyl (C=O) groups is 2. The summed E-state index contributed by atoms with van der Waals surface area (Å²) in [7, 11) is 1.64. The summed E-state index contributed by atoms with van der Waals surface area (Å²) in [5.74, 6) is 0.767. The summed E-state index contributed by atoms with van der Waals surface area (Å²) in [6.07, 6.45) is 1.89. The molecule has 1 spiro atoms. The fraction of sp³-hybridized carbons (Fsp3) is 0.600. The Morgan fingerprint density at radius 3 is 2.71 bits per heavy atom. The number of methoxy groups -OCH3 is 1. The smallest absolute Gasteiger partial charge is 0.407 e. The lowest BCUT2D eigenvalue weighted by Gasteiger charge is -2.30. The van der Waals surface area contributed by atoms with Gasteiger partial charge in [-0.25, -0.2) is 4.79 Å². The van der Waals surface area contributed by atoms with Crippen LogP contribution in [0.3, 0.4) is 0 Å². The van der Waals surface area contributed by atoms with Gasteiger partial charge in [0.15, 0.2) is 0 Å².